The van der Waals surface area contributed by atoms with Crippen LogP contribution in [0.2, 0.25) is 5.02 Å². The zero-order valence-corrected chi connectivity index (χ0v) is 16.7. The van der Waals surface area contributed by atoms with Crippen molar-refractivity contribution in [2.24, 2.45) is 0 Å². The summed E-state index contributed by atoms with van der Waals surface area (Å²) in [5, 5.41) is 12.3. The van der Waals surface area contributed by atoms with Gasteiger partial charge in [-0.15, -0.1) is 10.2 Å². The molecule has 0 aliphatic carbocycles. The van der Waals surface area contributed by atoms with Crippen LogP contribution in [-0.4, -0.2) is 26.8 Å². The third-order valence-electron chi connectivity index (χ3n) is 5.51. The van der Waals surface area contributed by atoms with E-state index in [9.17, 15) is 4.79 Å². The lowest BCUT2D eigenvalue weighted by molar-refractivity contribution is -0.122. The lowest BCUT2D eigenvalue weighted by Crippen LogP contribution is -2.31. The van der Waals surface area contributed by atoms with E-state index in [2.05, 4.69) is 20.1 Å². The maximum atomic E-state index is 12.6. The zero-order chi connectivity index (χ0) is 19.8. The summed E-state index contributed by atoms with van der Waals surface area (Å²) in [5.41, 5.74) is 2.69. The van der Waals surface area contributed by atoms with Gasteiger partial charge in [-0.2, -0.15) is 0 Å². The minimum atomic E-state index is -0.546. The fourth-order valence-electron chi connectivity index (χ4n) is 3.99. The summed E-state index contributed by atoms with van der Waals surface area (Å²) in [7, 11) is 0. The number of nitrogens with one attached hydrogen (secondary N) is 1. The second kappa shape index (κ2) is 7.52. The molecule has 3 aromatic rings. The first-order valence-corrected chi connectivity index (χ1v) is 10.3. The highest BCUT2D eigenvalue weighted by atomic mass is 35.5. The molecule has 5 rings (SSSR count). The molecule has 3 heterocycles. The van der Waals surface area contributed by atoms with Crippen molar-refractivity contribution >= 4 is 23.2 Å². The Morgan fingerprint density at radius 1 is 1.10 bits per heavy atom. The highest BCUT2D eigenvalue weighted by Gasteiger charge is 2.29. The molecule has 0 saturated carbocycles. The van der Waals surface area contributed by atoms with Gasteiger partial charge in [-0.25, -0.2) is 0 Å². The van der Waals surface area contributed by atoms with E-state index in [0.717, 1.165) is 53.6 Å². The van der Waals surface area contributed by atoms with Crippen LogP contribution in [0.4, 0.5) is 5.69 Å². The number of ether oxygens (including phenoxy) is 1. The Morgan fingerprint density at radius 2 is 1.97 bits per heavy atom. The number of halogens is 1. The summed E-state index contributed by atoms with van der Waals surface area (Å²) in [6, 6.07) is 13.2. The normalized spacial score (nSPS) is 17.8. The molecule has 7 heteroatoms. The summed E-state index contributed by atoms with van der Waals surface area (Å²) in [4.78, 5) is 12.6. The second-order valence-electron chi connectivity index (χ2n) is 7.53. The summed E-state index contributed by atoms with van der Waals surface area (Å²) in [6.07, 6.45) is 4.51. The number of carbonyl (C=O) groups is 1. The Kier molecular flexibility index (Phi) is 4.72. The Morgan fingerprint density at radius 3 is 2.83 bits per heavy atom. The number of amides is 1. The fourth-order valence-corrected chi connectivity index (χ4v) is 4.18. The van der Waals surface area contributed by atoms with E-state index in [0.29, 0.717) is 11.4 Å². The molecular formula is C22H21ClN4O2. The molecule has 6 nitrogen and oxygen atoms in total. The third kappa shape index (κ3) is 3.60. The predicted molar refractivity (Wildman–Crippen MR) is 111 cm³/mol. The Balaban J connectivity index is 1.28. The first-order chi connectivity index (χ1) is 14.2. The number of carbonyl (C=O) groups excluding carboxylic acids is 1. The number of fused-ring (bicyclic) bond motifs is 2. The van der Waals surface area contributed by atoms with Crippen LogP contribution in [0.5, 0.6) is 5.75 Å². The molecule has 1 N–H and O–H groups in total. The van der Waals surface area contributed by atoms with Crippen molar-refractivity contribution in [2.75, 3.05) is 5.32 Å². The van der Waals surface area contributed by atoms with Gasteiger partial charge in [-0.1, -0.05) is 18.0 Å². The highest BCUT2D eigenvalue weighted by molar-refractivity contribution is 6.30. The molecule has 2 aliphatic rings. The zero-order valence-electron chi connectivity index (χ0n) is 15.9. The van der Waals surface area contributed by atoms with Crippen LogP contribution in [0.1, 0.15) is 30.7 Å². The van der Waals surface area contributed by atoms with Gasteiger partial charge in [-0.05, 0) is 60.9 Å². The summed E-state index contributed by atoms with van der Waals surface area (Å²) < 4.78 is 7.98. The number of anilines is 1. The first kappa shape index (κ1) is 18.2. The number of aromatic nitrogens is 3. The topological polar surface area (TPSA) is 69.0 Å². The monoisotopic (exact) mass is 408 g/mol. The lowest BCUT2D eigenvalue weighted by Gasteiger charge is -2.12. The van der Waals surface area contributed by atoms with E-state index >= 15 is 0 Å². The molecule has 0 saturated heterocycles. The van der Waals surface area contributed by atoms with Crippen molar-refractivity contribution in [3.8, 4) is 17.1 Å². The number of benzene rings is 2. The Labute approximate surface area is 173 Å². The molecule has 2 aliphatic heterocycles. The molecule has 0 radical (unpaired) electrons. The van der Waals surface area contributed by atoms with Crippen LogP contribution in [0.15, 0.2) is 42.5 Å². The van der Waals surface area contributed by atoms with Gasteiger partial charge < -0.3 is 14.6 Å². The van der Waals surface area contributed by atoms with Crippen LogP contribution in [0.25, 0.3) is 11.4 Å². The number of hydrogen-bond donors (Lipinski definition) is 1. The molecular weight excluding hydrogens is 388 g/mol. The first-order valence-electron chi connectivity index (χ1n) is 9.96. The quantitative estimate of drug-likeness (QED) is 0.702. The van der Waals surface area contributed by atoms with Gasteiger partial charge in [0.2, 0.25) is 0 Å². The van der Waals surface area contributed by atoms with Crippen LogP contribution in [0.3, 0.4) is 0 Å². The third-order valence-corrected chi connectivity index (χ3v) is 5.74. The predicted octanol–water partition coefficient (Wildman–Crippen LogP) is 4.27. The van der Waals surface area contributed by atoms with E-state index < -0.39 is 6.10 Å². The van der Waals surface area contributed by atoms with Gasteiger partial charge >= 0.3 is 0 Å². The van der Waals surface area contributed by atoms with Gasteiger partial charge in [0.1, 0.15) is 11.6 Å². The molecule has 0 unspecified atom stereocenters. The van der Waals surface area contributed by atoms with Gasteiger partial charge in [0.25, 0.3) is 5.91 Å². The maximum Gasteiger partial charge on any atom is 0.265 e. The molecule has 2 aromatic carbocycles. The lowest BCUT2D eigenvalue weighted by atomic mass is 10.1. The van der Waals surface area contributed by atoms with E-state index in [-0.39, 0.29) is 5.91 Å². The van der Waals surface area contributed by atoms with E-state index in [1.165, 1.54) is 12.8 Å². The minimum Gasteiger partial charge on any atom is -0.480 e. The van der Waals surface area contributed by atoms with Gasteiger partial charge in [-0.3, -0.25) is 4.79 Å². The van der Waals surface area contributed by atoms with Gasteiger partial charge in [0, 0.05) is 35.7 Å². The summed E-state index contributed by atoms with van der Waals surface area (Å²) in [5.74, 6) is 2.51. The largest absolute Gasteiger partial charge is 0.480 e. The van der Waals surface area contributed by atoms with E-state index in [1.807, 2.05) is 30.3 Å². The molecule has 0 spiro atoms. The van der Waals surface area contributed by atoms with Crippen molar-refractivity contribution in [3.05, 3.63) is 58.9 Å². The summed E-state index contributed by atoms with van der Waals surface area (Å²) in [6.45, 7) is 0.958. The van der Waals surface area contributed by atoms with Crippen LogP contribution in [0, 0.1) is 0 Å². The maximum absolute atomic E-state index is 12.6. The van der Waals surface area contributed by atoms with E-state index in [4.69, 9.17) is 16.3 Å². The molecule has 1 aromatic heterocycles. The number of hydrogen-bond acceptors (Lipinski definition) is 4. The molecule has 29 heavy (non-hydrogen) atoms. The number of rotatable bonds is 3. The average molecular weight is 409 g/mol. The van der Waals surface area contributed by atoms with Gasteiger partial charge in [0.15, 0.2) is 11.9 Å². The van der Waals surface area contributed by atoms with Crippen molar-refractivity contribution < 1.29 is 9.53 Å². The smallest absolute Gasteiger partial charge is 0.265 e. The second-order valence-corrected chi connectivity index (χ2v) is 7.97. The molecule has 1 amide bonds. The van der Waals surface area contributed by atoms with Crippen molar-refractivity contribution in [1.82, 2.24) is 14.8 Å². The SMILES string of the molecule is O=C(Nc1ccc(-c2nnc3n2CCCCC3)cc1)[C@@H]1Cc2cc(Cl)ccc2O1. The van der Waals surface area contributed by atoms with Crippen LogP contribution in [-0.2, 0) is 24.2 Å². The van der Waals surface area contributed by atoms with Crippen LogP contribution >= 0.6 is 11.6 Å². The minimum absolute atomic E-state index is 0.165. The van der Waals surface area contributed by atoms with Crippen molar-refractivity contribution in [1.29, 1.82) is 0 Å². The highest BCUT2D eigenvalue weighted by Crippen LogP contribution is 2.31. The van der Waals surface area contributed by atoms with Crippen molar-refractivity contribution in [3.63, 3.8) is 0 Å². The average Bonchev–Trinajstić information content (AvgIpc) is 3.25. The molecule has 0 fully saturated rings. The van der Waals surface area contributed by atoms with Crippen LogP contribution < -0.4 is 10.1 Å². The van der Waals surface area contributed by atoms with Gasteiger partial charge in [0.05, 0.1) is 0 Å². The standard InChI is InChI=1S/C22H21ClN4O2/c23-16-7-10-18-15(12-16)13-19(29-18)22(28)24-17-8-5-14(6-9-17)21-26-25-20-4-2-1-3-11-27(20)21/h5-10,12,19H,1-4,11,13H2,(H,24,28)/t19-/m0/s1. The number of aryl methyl sites for hydroxylation is 1. The molecule has 148 valence electrons. The number of nitrogens with zero attached hydrogens (tertiary/aromatic N) is 3. The Hall–Kier alpha value is -2.86. The Bertz CT molecular complexity index is 1060. The van der Waals surface area contributed by atoms with Crippen molar-refractivity contribution in [2.45, 2.75) is 44.8 Å². The fraction of sp³-hybridized carbons (Fsp3) is 0.318. The summed E-state index contributed by atoms with van der Waals surface area (Å²) >= 11 is 6.02. The molecule has 1 atom stereocenters. The van der Waals surface area contributed by atoms with E-state index in [1.54, 1.807) is 12.1 Å². The molecule has 0 bridgehead atoms.